The number of benzene rings is 3. The monoisotopic (exact) mass is 524 g/mol. The van der Waals surface area contributed by atoms with E-state index >= 15 is 0 Å². The molecule has 0 aliphatic rings. The molecule has 0 unspecified atom stereocenters. The first-order valence-corrected chi connectivity index (χ1v) is 12.8. The van der Waals surface area contributed by atoms with Gasteiger partial charge in [-0.3, -0.25) is 14.3 Å². The number of thioether (sulfide) groups is 1. The molecule has 182 valence electrons. The number of rotatable bonds is 8. The van der Waals surface area contributed by atoms with E-state index in [2.05, 4.69) is 37.8 Å². The normalized spacial score (nSPS) is 11.1. The van der Waals surface area contributed by atoms with Crippen LogP contribution in [0.5, 0.6) is 0 Å². The molecule has 0 aliphatic heterocycles. The van der Waals surface area contributed by atoms with E-state index in [1.165, 1.54) is 11.8 Å². The molecule has 0 spiro atoms. The molecule has 7 nitrogen and oxygen atoms in total. The van der Waals surface area contributed by atoms with Crippen LogP contribution in [0.25, 0.3) is 28.2 Å². The minimum Gasteiger partial charge on any atom is -0.272 e. The molecule has 0 fully saturated rings. The fourth-order valence-electron chi connectivity index (χ4n) is 3.61. The first-order chi connectivity index (χ1) is 18.2. The molecule has 9 heteroatoms. The lowest BCUT2D eigenvalue weighted by atomic mass is 10.0. The van der Waals surface area contributed by atoms with Gasteiger partial charge in [-0.25, -0.2) is 5.43 Å². The van der Waals surface area contributed by atoms with E-state index in [0.717, 1.165) is 27.9 Å². The van der Waals surface area contributed by atoms with E-state index < -0.39 is 0 Å². The van der Waals surface area contributed by atoms with Gasteiger partial charge in [-0.05, 0) is 53.1 Å². The molecule has 0 aliphatic carbocycles. The minimum absolute atomic E-state index is 0.117. The van der Waals surface area contributed by atoms with Crippen LogP contribution >= 0.6 is 23.4 Å². The van der Waals surface area contributed by atoms with Crippen LogP contribution in [-0.2, 0) is 4.79 Å². The third-order valence-electron chi connectivity index (χ3n) is 5.41. The van der Waals surface area contributed by atoms with Gasteiger partial charge in [0.05, 0.1) is 12.0 Å². The van der Waals surface area contributed by atoms with Gasteiger partial charge < -0.3 is 0 Å². The van der Waals surface area contributed by atoms with Crippen molar-refractivity contribution in [1.29, 1.82) is 0 Å². The maximum atomic E-state index is 12.5. The summed E-state index contributed by atoms with van der Waals surface area (Å²) in [6, 6.07) is 29.2. The second kappa shape index (κ2) is 11.6. The molecule has 5 rings (SSSR count). The first-order valence-electron chi connectivity index (χ1n) is 11.4. The van der Waals surface area contributed by atoms with Gasteiger partial charge in [-0.2, -0.15) is 5.10 Å². The number of aromatic nitrogens is 4. The smallest absolute Gasteiger partial charge is 0.250 e. The Bertz CT molecular complexity index is 1500. The van der Waals surface area contributed by atoms with Crippen molar-refractivity contribution >= 4 is 35.5 Å². The number of nitrogens with one attached hydrogen (secondary N) is 1. The van der Waals surface area contributed by atoms with Gasteiger partial charge in [0, 0.05) is 28.7 Å². The molecule has 0 atom stereocenters. The summed E-state index contributed by atoms with van der Waals surface area (Å²) in [6.07, 6.45) is 5.02. The van der Waals surface area contributed by atoms with Gasteiger partial charge >= 0.3 is 0 Å². The zero-order valence-corrected chi connectivity index (χ0v) is 21.1. The SMILES string of the molecule is O=C(CSc1nnc(-c2ccncc2)n1-c1ccc(Cl)cc1)N/N=C/c1ccc(-c2ccccc2)cc1. The van der Waals surface area contributed by atoms with Crippen LogP contribution in [0.1, 0.15) is 5.56 Å². The van der Waals surface area contributed by atoms with Crippen LogP contribution in [-0.4, -0.2) is 37.6 Å². The van der Waals surface area contributed by atoms with Crippen LogP contribution in [0, 0.1) is 0 Å². The number of halogens is 1. The Hall–Kier alpha value is -4.27. The first kappa shape index (κ1) is 24.4. The van der Waals surface area contributed by atoms with Crippen molar-refractivity contribution in [2.24, 2.45) is 5.10 Å². The van der Waals surface area contributed by atoms with Crippen molar-refractivity contribution in [2.45, 2.75) is 5.16 Å². The quantitative estimate of drug-likeness (QED) is 0.155. The van der Waals surface area contributed by atoms with E-state index in [4.69, 9.17) is 11.6 Å². The van der Waals surface area contributed by atoms with Crippen molar-refractivity contribution < 1.29 is 4.79 Å². The molecule has 0 saturated carbocycles. The molecule has 0 radical (unpaired) electrons. The topological polar surface area (TPSA) is 85.1 Å². The van der Waals surface area contributed by atoms with Crippen molar-refractivity contribution in [3.63, 3.8) is 0 Å². The molecule has 2 heterocycles. The predicted molar refractivity (Wildman–Crippen MR) is 148 cm³/mol. The molecule has 0 saturated heterocycles. The largest absolute Gasteiger partial charge is 0.272 e. The second-order valence-corrected chi connectivity index (χ2v) is 9.30. The van der Waals surface area contributed by atoms with Crippen molar-refractivity contribution in [3.8, 4) is 28.2 Å². The molecule has 2 aromatic heterocycles. The summed E-state index contributed by atoms with van der Waals surface area (Å²) in [5, 5.41) is 14.0. The zero-order valence-electron chi connectivity index (χ0n) is 19.5. The van der Waals surface area contributed by atoms with E-state index in [1.54, 1.807) is 30.7 Å². The minimum atomic E-state index is -0.252. The Kier molecular flexibility index (Phi) is 7.69. The number of nitrogens with zero attached hydrogens (tertiary/aromatic N) is 5. The van der Waals surface area contributed by atoms with Crippen LogP contribution in [0.2, 0.25) is 5.02 Å². The Labute approximate surface area is 223 Å². The standard InChI is InChI=1S/C28H21ClN6OS/c29-24-10-12-25(13-11-24)35-27(23-14-16-30-17-15-23)33-34-28(35)37-19-26(36)32-31-18-20-6-8-22(9-7-20)21-4-2-1-3-5-21/h1-18H,19H2,(H,32,36)/b31-18+. The van der Waals surface area contributed by atoms with Gasteiger partial charge in [0.2, 0.25) is 0 Å². The highest BCUT2D eigenvalue weighted by Gasteiger charge is 2.17. The van der Waals surface area contributed by atoms with E-state index in [-0.39, 0.29) is 11.7 Å². The number of carbonyl (C=O) groups is 1. The number of amides is 1. The summed E-state index contributed by atoms with van der Waals surface area (Å²) in [6.45, 7) is 0. The maximum Gasteiger partial charge on any atom is 0.250 e. The summed E-state index contributed by atoms with van der Waals surface area (Å²) in [4.78, 5) is 16.6. The molecule has 1 N–H and O–H groups in total. The lowest BCUT2D eigenvalue weighted by Crippen LogP contribution is -2.20. The fraction of sp³-hybridized carbons (Fsp3) is 0.0357. The Balaban J connectivity index is 1.24. The summed E-state index contributed by atoms with van der Waals surface area (Å²) >= 11 is 7.35. The highest BCUT2D eigenvalue weighted by Crippen LogP contribution is 2.28. The Morgan fingerprint density at radius 2 is 1.57 bits per heavy atom. The average molecular weight is 525 g/mol. The third kappa shape index (κ3) is 6.11. The van der Waals surface area contributed by atoms with E-state index in [9.17, 15) is 4.79 Å². The number of carbonyl (C=O) groups excluding carboxylic acids is 1. The Morgan fingerprint density at radius 1 is 0.865 bits per heavy atom. The van der Waals surface area contributed by atoms with Crippen LogP contribution < -0.4 is 5.43 Å². The van der Waals surface area contributed by atoms with E-state index in [1.807, 2.05) is 71.3 Å². The van der Waals surface area contributed by atoms with Crippen LogP contribution in [0.3, 0.4) is 0 Å². The van der Waals surface area contributed by atoms with Gasteiger partial charge in [0.1, 0.15) is 0 Å². The third-order valence-corrected chi connectivity index (χ3v) is 6.59. The summed E-state index contributed by atoms with van der Waals surface area (Å²) in [7, 11) is 0. The van der Waals surface area contributed by atoms with Crippen LogP contribution in [0.15, 0.2) is 114 Å². The molecule has 5 aromatic rings. The number of hydrogen-bond acceptors (Lipinski definition) is 6. The van der Waals surface area contributed by atoms with Crippen LogP contribution in [0.4, 0.5) is 0 Å². The summed E-state index contributed by atoms with van der Waals surface area (Å²) < 4.78 is 1.89. The molecular weight excluding hydrogens is 504 g/mol. The molecule has 37 heavy (non-hydrogen) atoms. The highest BCUT2D eigenvalue weighted by atomic mass is 35.5. The van der Waals surface area contributed by atoms with Crippen molar-refractivity contribution in [1.82, 2.24) is 25.2 Å². The van der Waals surface area contributed by atoms with Gasteiger partial charge in [0.25, 0.3) is 5.91 Å². The van der Waals surface area contributed by atoms with Gasteiger partial charge in [-0.15, -0.1) is 10.2 Å². The lowest BCUT2D eigenvalue weighted by molar-refractivity contribution is -0.118. The van der Waals surface area contributed by atoms with E-state index in [0.29, 0.717) is 16.0 Å². The lowest BCUT2D eigenvalue weighted by Gasteiger charge is -2.10. The van der Waals surface area contributed by atoms with Crippen molar-refractivity contribution in [2.75, 3.05) is 5.75 Å². The average Bonchev–Trinajstić information content (AvgIpc) is 3.38. The van der Waals surface area contributed by atoms with Gasteiger partial charge in [-0.1, -0.05) is 78.0 Å². The summed E-state index contributed by atoms with van der Waals surface area (Å²) in [5.41, 5.74) is 7.43. The highest BCUT2D eigenvalue weighted by molar-refractivity contribution is 7.99. The van der Waals surface area contributed by atoms with Crippen molar-refractivity contribution in [3.05, 3.63) is 114 Å². The molecule has 3 aromatic carbocycles. The van der Waals surface area contributed by atoms with Gasteiger partial charge in [0.15, 0.2) is 11.0 Å². The predicted octanol–water partition coefficient (Wildman–Crippen LogP) is 5.89. The maximum absolute atomic E-state index is 12.5. The second-order valence-electron chi connectivity index (χ2n) is 7.92. The zero-order chi connectivity index (χ0) is 25.5. The Morgan fingerprint density at radius 3 is 2.30 bits per heavy atom. The fourth-order valence-corrected chi connectivity index (χ4v) is 4.48. The number of hydrazone groups is 1. The number of hydrogen-bond donors (Lipinski definition) is 1. The summed E-state index contributed by atoms with van der Waals surface area (Å²) in [5.74, 6) is 0.509. The molecule has 0 bridgehead atoms. The molecule has 1 amide bonds. The molecular formula is C28H21ClN6OS. The number of pyridine rings is 1.